The number of nitrogens with one attached hydrogen (secondary N) is 1. The summed E-state index contributed by atoms with van der Waals surface area (Å²) < 4.78 is 5.45. The summed E-state index contributed by atoms with van der Waals surface area (Å²) in [7, 11) is 0. The summed E-state index contributed by atoms with van der Waals surface area (Å²) in [5.41, 5.74) is 1.26. The third kappa shape index (κ3) is 4.40. The third-order valence-electron chi connectivity index (χ3n) is 2.37. The molecule has 0 fully saturated rings. The van der Waals surface area contributed by atoms with Crippen molar-refractivity contribution in [2.75, 3.05) is 13.2 Å². The highest BCUT2D eigenvalue weighted by Gasteiger charge is 2.06. The fourth-order valence-corrected chi connectivity index (χ4v) is 1.46. The molecule has 0 saturated carbocycles. The molecule has 0 aliphatic rings. The summed E-state index contributed by atoms with van der Waals surface area (Å²) in [6.45, 7) is 7.89. The van der Waals surface area contributed by atoms with Crippen molar-refractivity contribution in [3.05, 3.63) is 30.1 Å². The number of nitrogens with zero attached hydrogens (tertiary/aromatic N) is 1. The molecular formula is C12H20N2O. The Morgan fingerprint density at radius 1 is 1.33 bits per heavy atom. The van der Waals surface area contributed by atoms with Crippen molar-refractivity contribution in [2.24, 2.45) is 0 Å². The molecule has 1 aromatic rings. The van der Waals surface area contributed by atoms with Crippen molar-refractivity contribution in [2.45, 2.75) is 32.9 Å². The van der Waals surface area contributed by atoms with Gasteiger partial charge in [-0.05, 0) is 38.5 Å². The Morgan fingerprint density at radius 3 is 2.60 bits per heavy atom. The maximum Gasteiger partial charge on any atom is 0.0671 e. The topological polar surface area (TPSA) is 34.1 Å². The summed E-state index contributed by atoms with van der Waals surface area (Å²) in [6, 6.07) is 4.40. The van der Waals surface area contributed by atoms with E-state index in [0.29, 0.717) is 6.04 Å². The highest BCUT2D eigenvalue weighted by molar-refractivity contribution is 5.13. The summed E-state index contributed by atoms with van der Waals surface area (Å²) in [5.74, 6) is 0. The van der Waals surface area contributed by atoms with Crippen LogP contribution in [-0.4, -0.2) is 24.2 Å². The Kier molecular flexibility index (Phi) is 5.29. The van der Waals surface area contributed by atoms with Gasteiger partial charge in [-0.1, -0.05) is 0 Å². The van der Waals surface area contributed by atoms with Crippen molar-refractivity contribution in [1.82, 2.24) is 10.3 Å². The fourth-order valence-electron chi connectivity index (χ4n) is 1.46. The molecule has 0 aliphatic carbocycles. The zero-order valence-electron chi connectivity index (χ0n) is 9.73. The van der Waals surface area contributed by atoms with E-state index in [1.54, 1.807) is 0 Å². The van der Waals surface area contributed by atoms with Crippen molar-refractivity contribution in [3.63, 3.8) is 0 Å². The van der Waals surface area contributed by atoms with Crippen molar-refractivity contribution >= 4 is 0 Å². The summed E-state index contributed by atoms with van der Waals surface area (Å²) in [6.07, 6.45) is 3.90. The Labute approximate surface area is 91.9 Å². The first-order chi connectivity index (χ1) is 7.24. The van der Waals surface area contributed by atoms with E-state index in [9.17, 15) is 0 Å². The van der Waals surface area contributed by atoms with Crippen LogP contribution in [-0.2, 0) is 4.74 Å². The molecule has 15 heavy (non-hydrogen) atoms. The summed E-state index contributed by atoms with van der Waals surface area (Å²) >= 11 is 0. The van der Waals surface area contributed by atoms with Crippen LogP contribution in [0, 0.1) is 0 Å². The average molecular weight is 208 g/mol. The summed E-state index contributed by atoms with van der Waals surface area (Å²) in [4.78, 5) is 4.00. The first-order valence-electron chi connectivity index (χ1n) is 5.49. The number of rotatable bonds is 6. The van der Waals surface area contributed by atoms with Gasteiger partial charge in [-0.3, -0.25) is 4.98 Å². The maximum absolute atomic E-state index is 5.45. The number of ether oxygens (including phenoxy) is 1. The molecule has 2 unspecified atom stereocenters. The average Bonchev–Trinajstić information content (AvgIpc) is 2.27. The fraction of sp³-hybridized carbons (Fsp3) is 0.583. The van der Waals surface area contributed by atoms with Crippen LogP contribution in [0.25, 0.3) is 0 Å². The molecule has 1 rings (SSSR count). The molecule has 0 aromatic carbocycles. The van der Waals surface area contributed by atoms with E-state index in [2.05, 4.69) is 24.1 Å². The predicted octanol–water partition coefficient (Wildman–Crippen LogP) is 2.16. The minimum atomic E-state index is 0.263. The van der Waals surface area contributed by atoms with Crippen LogP contribution in [0.3, 0.4) is 0 Å². The van der Waals surface area contributed by atoms with Gasteiger partial charge in [-0.15, -0.1) is 0 Å². The Balaban J connectivity index is 2.33. The van der Waals surface area contributed by atoms with Gasteiger partial charge in [0.05, 0.1) is 6.10 Å². The van der Waals surface area contributed by atoms with Crippen molar-refractivity contribution in [1.29, 1.82) is 0 Å². The molecule has 0 bridgehead atoms. The second-order valence-corrected chi connectivity index (χ2v) is 3.68. The first-order valence-corrected chi connectivity index (χ1v) is 5.49. The number of pyridine rings is 1. The highest BCUT2D eigenvalue weighted by Crippen LogP contribution is 2.09. The Morgan fingerprint density at radius 2 is 2.00 bits per heavy atom. The normalized spacial score (nSPS) is 14.9. The lowest BCUT2D eigenvalue weighted by atomic mass is 10.1. The monoisotopic (exact) mass is 208 g/mol. The van der Waals surface area contributed by atoms with Gasteiger partial charge in [0.15, 0.2) is 0 Å². The number of hydrogen-bond acceptors (Lipinski definition) is 3. The van der Waals surface area contributed by atoms with Crippen LogP contribution in [0.15, 0.2) is 24.5 Å². The first kappa shape index (κ1) is 12.1. The van der Waals surface area contributed by atoms with Crippen LogP contribution < -0.4 is 5.32 Å². The molecule has 0 aliphatic heterocycles. The lowest BCUT2D eigenvalue weighted by molar-refractivity contribution is 0.0743. The predicted molar refractivity (Wildman–Crippen MR) is 61.7 cm³/mol. The molecular weight excluding hydrogens is 188 g/mol. The van der Waals surface area contributed by atoms with Gasteiger partial charge in [-0.25, -0.2) is 0 Å². The minimum absolute atomic E-state index is 0.263. The van der Waals surface area contributed by atoms with Gasteiger partial charge in [0.25, 0.3) is 0 Å². The second-order valence-electron chi connectivity index (χ2n) is 3.68. The molecule has 3 heteroatoms. The zero-order valence-corrected chi connectivity index (χ0v) is 9.73. The lowest BCUT2D eigenvalue weighted by Crippen LogP contribution is -2.29. The Bertz CT molecular complexity index is 264. The molecule has 0 spiro atoms. The number of hydrogen-bond donors (Lipinski definition) is 1. The standard InChI is InChI=1S/C12H20N2O/c1-4-15-10(2)9-14-11(3)12-5-7-13-8-6-12/h5-8,10-11,14H,4,9H2,1-3H3. The zero-order chi connectivity index (χ0) is 11.1. The molecule has 1 heterocycles. The van der Waals surface area contributed by atoms with Gasteiger partial charge in [0.2, 0.25) is 0 Å². The van der Waals surface area contributed by atoms with Gasteiger partial charge in [-0.2, -0.15) is 0 Å². The van der Waals surface area contributed by atoms with Gasteiger partial charge in [0, 0.05) is 31.6 Å². The largest absolute Gasteiger partial charge is 0.377 e. The van der Waals surface area contributed by atoms with Gasteiger partial charge < -0.3 is 10.1 Å². The molecule has 1 N–H and O–H groups in total. The van der Waals surface area contributed by atoms with Crippen LogP contribution >= 0.6 is 0 Å². The SMILES string of the molecule is CCOC(C)CNC(C)c1ccncc1. The Hall–Kier alpha value is -0.930. The van der Waals surface area contributed by atoms with Crippen LogP contribution in [0.4, 0.5) is 0 Å². The van der Waals surface area contributed by atoms with Crippen molar-refractivity contribution < 1.29 is 4.74 Å². The smallest absolute Gasteiger partial charge is 0.0671 e. The summed E-state index contributed by atoms with van der Waals surface area (Å²) in [5, 5.41) is 3.43. The molecule has 0 saturated heterocycles. The van der Waals surface area contributed by atoms with E-state index in [-0.39, 0.29) is 6.10 Å². The van der Waals surface area contributed by atoms with Gasteiger partial charge >= 0.3 is 0 Å². The molecule has 2 atom stereocenters. The van der Waals surface area contributed by atoms with Crippen molar-refractivity contribution in [3.8, 4) is 0 Å². The van der Waals surface area contributed by atoms with E-state index in [4.69, 9.17) is 4.74 Å². The molecule has 1 aromatic heterocycles. The molecule has 84 valence electrons. The molecule has 0 amide bonds. The lowest BCUT2D eigenvalue weighted by Gasteiger charge is -2.17. The van der Waals surface area contributed by atoms with E-state index in [1.165, 1.54) is 5.56 Å². The third-order valence-corrected chi connectivity index (χ3v) is 2.37. The number of aromatic nitrogens is 1. The quantitative estimate of drug-likeness (QED) is 0.778. The van der Waals surface area contributed by atoms with E-state index >= 15 is 0 Å². The maximum atomic E-state index is 5.45. The highest BCUT2D eigenvalue weighted by atomic mass is 16.5. The van der Waals surface area contributed by atoms with Gasteiger partial charge in [0.1, 0.15) is 0 Å². The van der Waals surface area contributed by atoms with E-state index in [1.807, 2.05) is 31.5 Å². The van der Waals surface area contributed by atoms with E-state index in [0.717, 1.165) is 13.2 Å². The second kappa shape index (κ2) is 6.53. The molecule has 3 nitrogen and oxygen atoms in total. The minimum Gasteiger partial charge on any atom is -0.377 e. The van der Waals surface area contributed by atoms with Crippen LogP contribution in [0.1, 0.15) is 32.4 Å². The van der Waals surface area contributed by atoms with Crippen LogP contribution in [0.5, 0.6) is 0 Å². The molecule has 0 radical (unpaired) electrons. The van der Waals surface area contributed by atoms with E-state index < -0.39 is 0 Å². The van der Waals surface area contributed by atoms with Crippen LogP contribution in [0.2, 0.25) is 0 Å².